The number of carbonyl (C=O) groups excluding carboxylic acids is 1. The van der Waals surface area contributed by atoms with E-state index < -0.39 is 0 Å². The van der Waals surface area contributed by atoms with Crippen LogP contribution in [0, 0.1) is 5.92 Å². The van der Waals surface area contributed by atoms with E-state index in [1.807, 2.05) is 4.90 Å². The van der Waals surface area contributed by atoms with Crippen LogP contribution < -0.4 is 5.32 Å². The molecule has 0 spiro atoms. The van der Waals surface area contributed by atoms with Crippen molar-refractivity contribution in [3.63, 3.8) is 0 Å². The quantitative estimate of drug-likeness (QED) is 0.869. The highest BCUT2D eigenvalue weighted by atomic mass is 32.2. The van der Waals surface area contributed by atoms with Crippen LogP contribution in [-0.4, -0.2) is 65.6 Å². The Balaban J connectivity index is 1.56. The second-order valence-corrected chi connectivity index (χ2v) is 8.25. The number of urea groups is 1. The summed E-state index contributed by atoms with van der Waals surface area (Å²) in [6, 6.07) is 0.164. The third-order valence-corrected chi connectivity index (χ3v) is 6.44. The third-order valence-electron chi connectivity index (χ3n) is 5.50. The summed E-state index contributed by atoms with van der Waals surface area (Å²) < 4.78 is 0. The van der Waals surface area contributed by atoms with Gasteiger partial charge in [-0.2, -0.15) is 11.8 Å². The van der Waals surface area contributed by atoms with Crippen LogP contribution in [0.25, 0.3) is 0 Å². The lowest BCUT2D eigenvalue weighted by Gasteiger charge is -2.43. The first kappa shape index (κ1) is 15.5. The topological polar surface area (TPSA) is 35.6 Å². The number of hydrogen-bond donors (Lipinski definition) is 1. The first-order valence-corrected chi connectivity index (χ1v) is 9.71. The van der Waals surface area contributed by atoms with Crippen molar-refractivity contribution in [1.82, 2.24) is 15.1 Å². The van der Waals surface area contributed by atoms with Gasteiger partial charge in [-0.1, -0.05) is 19.8 Å². The van der Waals surface area contributed by atoms with Gasteiger partial charge >= 0.3 is 6.03 Å². The molecule has 0 aromatic rings. The Hall–Kier alpha value is -0.420. The van der Waals surface area contributed by atoms with Gasteiger partial charge in [-0.15, -0.1) is 0 Å². The molecular formula is C16H29N3OS. The van der Waals surface area contributed by atoms with E-state index in [2.05, 4.69) is 28.9 Å². The molecule has 2 saturated heterocycles. The minimum atomic E-state index is 0.164. The first-order chi connectivity index (χ1) is 10.2. The molecule has 0 aromatic heterocycles. The lowest BCUT2D eigenvalue weighted by atomic mass is 9.94. The molecule has 2 heterocycles. The molecule has 0 aromatic carbocycles. The Bertz CT molecular complexity index is 365. The Morgan fingerprint density at radius 3 is 2.57 bits per heavy atom. The van der Waals surface area contributed by atoms with Crippen LogP contribution in [0.3, 0.4) is 0 Å². The number of carbonyl (C=O) groups is 1. The van der Waals surface area contributed by atoms with Gasteiger partial charge in [0.1, 0.15) is 0 Å². The molecule has 0 bridgehead atoms. The zero-order valence-electron chi connectivity index (χ0n) is 13.3. The van der Waals surface area contributed by atoms with E-state index in [9.17, 15) is 4.79 Å². The maximum atomic E-state index is 12.4. The molecule has 1 aliphatic carbocycles. The van der Waals surface area contributed by atoms with E-state index in [4.69, 9.17) is 0 Å². The lowest BCUT2D eigenvalue weighted by Crippen LogP contribution is -2.57. The molecule has 2 amide bonds. The number of amides is 2. The van der Waals surface area contributed by atoms with Gasteiger partial charge in [0, 0.05) is 49.8 Å². The van der Waals surface area contributed by atoms with E-state index in [0.717, 1.165) is 26.1 Å². The van der Waals surface area contributed by atoms with Crippen molar-refractivity contribution in [3.05, 3.63) is 0 Å². The SMILES string of the molecule is CC1CCN(C(=O)NCC2(N3CCSCC3)CCCC2)C1. The predicted octanol–water partition coefficient (Wildman–Crippen LogP) is 2.40. The Morgan fingerprint density at radius 1 is 1.24 bits per heavy atom. The maximum Gasteiger partial charge on any atom is 0.317 e. The number of hydrogen-bond acceptors (Lipinski definition) is 3. The second kappa shape index (κ2) is 6.78. The Morgan fingerprint density at radius 2 is 1.95 bits per heavy atom. The molecule has 3 fully saturated rings. The van der Waals surface area contributed by atoms with E-state index in [1.54, 1.807) is 0 Å². The molecular weight excluding hydrogens is 282 g/mol. The van der Waals surface area contributed by atoms with Crippen LogP contribution in [-0.2, 0) is 0 Å². The molecule has 1 N–H and O–H groups in total. The summed E-state index contributed by atoms with van der Waals surface area (Å²) in [5.41, 5.74) is 0.252. The average molecular weight is 311 g/mol. The highest BCUT2D eigenvalue weighted by Gasteiger charge is 2.40. The summed E-state index contributed by atoms with van der Waals surface area (Å²) in [6.07, 6.45) is 6.31. The molecule has 120 valence electrons. The monoisotopic (exact) mass is 311 g/mol. The third kappa shape index (κ3) is 3.50. The van der Waals surface area contributed by atoms with Gasteiger partial charge in [0.25, 0.3) is 0 Å². The zero-order valence-corrected chi connectivity index (χ0v) is 14.1. The van der Waals surface area contributed by atoms with Crippen LogP contribution in [0.5, 0.6) is 0 Å². The molecule has 2 aliphatic heterocycles. The van der Waals surface area contributed by atoms with Gasteiger partial charge < -0.3 is 10.2 Å². The number of rotatable bonds is 3. The molecule has 1 unspecified atom stereocenters. The first-order valence-electron chi connectivity index (χ1n) is 8.55. The summed E-state index contributed by atoms with van der Waals surface area (Å²) >= 11 is 2.06. The molecule has 3 aliphatic rings. The number of thioether (sulfide) groups is 1. The molecule has 1 atom stereocenters. The summed E-state index contributed by atoms with van der Waals surface area (Å²) in [6.45, 7) is 7.33. The van der Waals surface area contributed by atoms with Gasteiger partial charge in [0.15, 0.2) is 0 Å². The largest absolute Gasteiger partial charge is 0.336 e. The minimum Gasteiger partial charge on any atom is -0.336 e. The average Bonchev–Trinajstić information content (AvgIpc) is 3.16. The van der Waals surface area contributed by atoms with Crippen molar-refractivity contribution in [2.24, 2.45) is 5.92 Å². The highest BCUT2D eigenvalue weighted by Crippen LogP contribution is 2.36. The highest BCUT2D eigenvalue weighted by molar-refractivity contribution is 7.99. The number of nitrogens with one attached hydrogen (secondary N) is 1. The van der Waals surface area contributed by atoms with Crippen molar-refractivity contribution < 1.29 is 4.79 Å². The van der Waals surface area contributed by atoms with Crippen molar-refractivity contribution >= 4 is 17.8 Å². The standard InChI is InChI=1S/C16H29N3OS/c1-14-4-7-18(12-14)15(20)17-13-16(5-2-3-6-16)19-8-10-21-11-9-19/h14H,2-13H2,1H3,(H,17,20). The molecule has 3 rings (SSSR count). The van der Waals surface area contributed by atoms with Crippen LogP contribution in [0.4, 0.5) is 4.79 Å². The maximum absolute atomic E-state index is 12.4. The van der Waals surface area contributed by atoms with Gasteiger partial charge in [0.05, 0.1) is 0 Å². The predicted molar refractivity (Wildman–Crippen MR) is 88.8 cm³/mol. The van der Waals surface area contributed by atoms with Crippen molar-refractivity contribution in [3.8, 4) is 0 Å². The lowest BCUT2D eigenvalue weighted by molar-refractivity contribution is 0.102. The summed E-state index contributed by atoms with van der Waals surface area (Å²) in [4.78, 5) is 17.0. The summed E-state index contributed by atoms with van der Waals surface area (Å²) in [7, 11) is 0. The summed E-state index contributed by atoms with van der Waals surface area (Å²) in [5, 5.41) is 3.26. The van der Waals surface area contributed by atoms with Crippen molar-refractivity contribution in [1.29, 1.82) is 0 Å². The minimum absolute atomic E-state index is 0.164. The number of nitrogens with zero attached hydrogens (tertiary/aromatic N) is 2. The molecule has 0 radical (unpaired) electrons. The van der Waals surface area contributed by atoms with Crippen LogP contribution in [0.15, 0.2) is 0 Å². The van der Waals surface area contributed by atoms with E-state index >= 15 is 0 Å². The van der Waals surface area contributed by atoms with Crippen LogP contribution >= 0.6 is 11.8 Å². The normalized spacial score (nSPS) is 29.8. The smallest absolute Gasteiger partial charge is 0.317 e. The van der Waals surface area contributed by atoms with Gasteiger partial charge in [-0.05, 0) is 25.2 Å². The van der Waals surface area contributed by atoms with Gasteiger partial charge in [-0.3, -0.25) is 4.90 Å². The van der Waals surface area contributed by atoms with Crippen LogP contribution in [0.2, 0.25) is 0 Å². The fraction of sp³-hybridized carbons (Fsp3) is 0.938. The van der Waals surface area contributed by atoms with Crippen LogP contribution in [0.1, 0.15) is 39.0 Å². The van der Waals surface area contributed by atoms with Gasteiger partial charge in [-0.25, -0.2) is 4.79 Å². The number of likely N-dealkylation sites (tertiary alicyclic amines) is 1. The van der Waals surface area contributed by atoms with E-state index in [-0.39, 0.29) is 11.6 Å². The molecule has 21 heavy (non-hydrogen) atoms. The Labute approximate surface area is 133 Å². The fourth-order valence-corrected chi connectivity index (χ4v) is 5.05. The molecule has 4 nitrogen and oxygen atoms in total. The second-order valence-electron chi connectivity index (χ2n) is 7.03. The fourth-order valence-electron chi connectivity index (χ4n) is 4.15. The van der Waals surface area contributed by atoms with Crippen molar-refractivity contribution in [2.45, 2.75) is 44.6 Å². The van der Waals surface area contributed by atoms with E-state index in [1.165, 1.54) is 50.3 Å². The van der Waals surface area contributed by atoms with E-state index in [0.29, 0.717) is 5.92 Å². The van der Waals surface area contributed by atoms with Gasteiger partial charge in [0.2, 0.25) is 0 Å². The zero-order chi connectivity index (χ0) is 14.7. The molecule has 1 saturated carbocycles. The summed E-state index contributed by atoms with van der Waals surface area (Å²) in [5.74, 6) is 3.16. The molecule has 5 heteroatoms. The Kier molecular flexibility index (Phi) is 4.99. The van der Waals surface area contributed by atoms with Crippen molar-refractivity contribution in [2.75, 3.05) is 44.2 Å².